The van der Waals surface area contributed by atoms with Crippen LogP contribution in [0.3, 0.4) is 0 Å². The fourth-order valence-corrected chi connectivity index (χ4v) is 6.50. The van der Waals surface area contributed by atoms with E-state index in [1.54, 1.807) is 19.2 Å². The predicted molar refractivity (Wildman–Crippen MR) is 160 cm³/mol. The van der Waals surface area contributed by atoms with E-state index in [-0.39, 0.29) is 29.8 Å². The number of fused-ring (bicyclic) bond motifs is 1. The standard InChI is InChI=1S/C32H46FN5O4/c1-21-15-37(26(14-34-21)16-36-10-11-42-18-22(36)2)17-29(40)38-20-32(3,4)31-27(38)13-24(30(35-31)28(39)19-41-5)12-23-6-8-25(33)9-7-23/h6-9,13,21-22,26,28,34,39H,10-12,14-20H2,1-5H3/t21-,22-,26-,28+/m1/s1. The number of hydrogen-bond acceptors (Lipinski definition) is 8. The molecule has 0 bridgehead atoms. The van der Waals surface area contributed by atoms with Crippen molar-refractivity contribution in [2.45, 2.75) is 63.8 Å². The lowest BCUT2D eigenvalue weighted by molar-refractivity contribution is -0.121. The van der Waals surface area contributed by atoms with Crippen LogP contribution in [0.15, 0.2) is 30.3 Å². The molecular formula is C32H46FN5O4. The number of amides is 1. The third-order valence-corrected chi connectivity index (χ3v) is 8.86. The SMILES string of the molecule is COC[C@H](O)c1nc2c(cc1Cc1ccc(F)cc1)N(C(=O)CN1C[C@@H](C)NC[C@@H]1CN1CCOC[C@H]1C)CC2(C)C. The number of rotatable bonds is 9. The molecule has 1 amide bonds. The molecule has 1 aromatic carbocycles. The molecule has 3 aliphatic heterocycles. The fraction of sp³-hybridized carbons (Fsp3) is 0.625. The summed E-state index contributed by atoms with van der Waals surface area (Å²) in [5, 5.41) is 14.6. The Morgan fingerprint density at radius 3 is 2.74 bits per heavy atom. The number of nitrogens with zero attached hydrogens (tertiary/aromatic N) is 4. The highest BCUT2D eigenvalue weighted by molar-refractivity contribution is 5.97. The number of piperazine rings is 1. The number of nitrogens with one attached hydrogen (secondary N) is 1. The van der Waals surface area contributed by atoms with Crippen molar-refractivity contribution in [1.29, 1.82) is 0 Å². The highest BCUT2D eigenvalue weighted by Crippen LogP contribution is 2.41. The van der Waals surface area contributed by atoms with Gasteiger partial charge in [-0.05, 0) is 49.6 Å². The maximum absolute atomic E-state index is 14.1. The van der Waals surface area contributed by atoms with Crippen molar-refractivity contribution in [1.82, 2.24) is 20.1 Å². The summed E-state index contributed by atoms with van der Waals surface area (Å²) in [7, 11) is 1.55. The zero-order chi connectivity index (χ0) is 30.0. The van der Waals surface area contributed by atoms with Crippen LogP contribution < -0.4 is 10.2 Å². The number of morpholine rings is 1. The fourth-order valence-electron chi connectivity index (χ4n) is 6.50. The van der Waals surface area contributed by atoms with Crippen molar-refractivity contribution < 1.29 is 23.8 Å². The highest BCUT2D eigenvalue weighted by Gasteiger charge is 2.42. The van der Waals surface area contributed by atoms with E-state index in [9.17, 15) is 14.3 Å². The van der Waals surface area contributed by atoms with Gasteiger partial charge in [-0.25, -0.2) is 4.39 Å². The average Bonchev–Trinajstić information content (AvgIpc) is 3.22. The van der Waals surface area contributed by atoms with Gasteiger partial charge < -0.3 is 24.8 Å². The minimum Gasteiger partial charge on any atom is -0.384 e. The van der Waals surface area contributed by atoms with Gasteiger partial charge in [-0.3, -0.25) is 19.6 Å². The number of hydrogen-bond donors (Lipinski definition) is 2. The molecule has 10 heteroatoms. The number of carbonyl (C=O) groups is 1. The Morgan fingerprint density at radius 1 is 1.26 bits per heavy atom. The third kappa shape index (κ3) is 6.85. The molecule has 42 heavy (non-hydrogen) atoms. The Morgan fingerprint density at radius 2 is 2.02 bits per heavy atom. The van der Waals surface area contributed by atoms with Crippen LogP contribution in [-0.4, -0.2) is 110 Å². The number of halogens is 1. The minimum absolute atomic E-state index is 0.0515. The van der Waals surface area contributed by atoms with Crippen LogP contribution in [0.4, 0.5) is 10.1 Å². The molecule has 0 radical (unpaired) electrons. The number of benzene rings is 1. The first-order valence-corrected chi connectivity index (χ1v) is 15.1. The maximum atomic E-state index is 14.1. The van der Waals surface area contributed by atoms with Crippen LogP contribution in [0.5, 0.6) is 0 Å². The van der Waals surface area contributed by atoms with Gasteiger partial charge >= 0.3 is 0 Å². The van der Waals surface area contributed by atoms with E-state index in [1.165, 1.54) is 12.1 Å². The largest absolute Gasteiger partial charge is 0.384 e. The smallest absolute Gasteiger partial charge is 0.241 e. The third-order valence-electron chi connectivity index (χ3n) is 8.86. The van der Waals surface area contributed by atoms with E-state index >= 15 is 0 Å². The second-order valence-electron chi connectivity index (χ2n) is 12.9. The normalized spacial score (nSPS) is 25.4. The Bertz CT molecular complexity index is 1240. The van der Waals surface area contributed by atoms with E-state index in [0.717, 1.165) is 61.9 Å². The Balaban J connectivity index is 1.42. The minimum atomic E-state index is -0.915. The molecule has 2 N–H and O–H groups in total. The van der Waals surface area contributed by atoms with Gasteiger partial charge in [0.25, 0.3) is 0 Å². The summed E-state index contributed by atoms with van der Waals surface area (Å²) in [5.41, 5.74) is 3.44. The zero-order valence-corrected chi connectivity index (χ0v) is 25.6. The summed E-state index contributed by atoms with van der Waals surface area (Å²) in [5.74, 6) is -0.247. The molecule has 2 saturated heterocycles. The molecule has 5 rings (SSSR count). The van der Waals surface area contributed by atoms with Crippen molar-refractivity contribution in [3.8, 4) is 0 Å². The number of aliphatic hydroxyl groups is 1. The molecule has 0 spiro atoms. The molecule has 2 aromatic rings. The number of methoxy groups -OCH3 is 1. The zero-order valence-electron chi connectivity index (χ0n) is 25.6. The van der Waals surface area contributed by atoms with Gasteiger partial charge in [0.1, 0.15) is 11.9 Å². The first kappa shape index (κ1) is 31.0. The van der Waals surface area contributed by atoms with Crippen molar-refractivity contribution >= 4 is 11.6 Å². The summed E-state index contributed by atoms with van der Waals surface area (Å²) in [6.07, 6.45) is -0.462. The molecule has 4 heterocycles. The van der Waals surface area contributed by atoms with Crippen LogP contribution in [0, 0.1) is 5.82 Å². The summed E-state index contributed by atoms with van der Waals surface area (Å²) >= 11 is 0. The van der Waals surface area contributed by atoms with Gasteiger partial charge in [0.05, 0.1) is 43.4 Å². The molecule has 230 valence electrons. The van der Waals surface area contributed by atoms with E-state index in [2.05, 4.69) is 42.8 Å². The number of ether oxygens (including phenoxy) is 2. The molecule has 2 fully saturated rings. The lowest BCUT2D eigenvalue weighted by Gasteiger charge is -2.43. The lowest BCUT2D eigenvalue weighted by Crippen LogP contribution is -2.62. The summed E-state index contributed by atoms with van der Waals surface area (Å²) in [6.45, 7) is 14.4. The van der Waals surface area contributed by atoms with Crippen molar-refractivity contribution in [2.75, 3.05) is 71.1 Å². The van der Waals surface area contributed by atoms with E-state index in [1.807, 2.05) is 11.0 Å². The number of anilines is 1. The lowest BCUT2D eigenvalue weighted by atomic mass is 9.90. The summed E-state index contributed by atoms with van der Waals surface area (Å²) < 4.78 is 24.5. The molecule has 0 aliphatic carbocycles. The Kier molecular flexibility index (Phi) is 9.61. The van der Waals surface area contributed by atoms with Gasteiger partial charge in [0, 0.05) is 63.4 Å². The molecule has 0 unspecified atom stereocenters. The monoisotopic (exact) mass is 583 g/mol. The number of aliphatic hydroxyl groups excluding tert-OH is 1. The summed E-state index contributed by atoms with van der Waals surface area (Å²) in [6, 6.07) is 9.22. The molecule has 3 aliphatic rings. The quantitative estimate of drug-likeness (QED) is 0.466. The highest BCUT2D eigenvalue weighted by atomic mass is 19.1. The van der Waals surface area contributed by atoms with Crippen LogP contribution in [-0.2, 0) is 26.1 Å². The number of pyridine rings is 1. The average molecular weight is 584 g/mol. The van der Waals surface area contributed by atoms with Crippen LogP contribution in [0.2, 0.25) is 0 Å². The second kappa shape index (κ2) is 13.0. The first-order chi connectivity index (χ1) is 20.1. The van der Waals surface area contributed by atoms with E-state index < -0.39 is 6.10 Å². The van der Waals surface area contributed by atoms with Crippen LogP contribution >= 0.6 is 0 Å². The first-order valence-electron chi connectivity index (χ1n) is 15.1. The molecule has 0 saturated carbocycles. The second-order valence-corrected chi connectivity index (χ2v) is 12.9. The number of aromatic nitrogens is 1. The van der Waals surface area contributed by atoms with Gasteiger partial charge in [-0.1, -0.05) is 26.0 Å². The van der Waals surface area contributed by atoms with E-state index in [0.29, 0.717) is 37.3 Å². The van der Waals surface area contributed by atoms with E-state index in [4.69, 9.17) is 14.5 Å². The van der Waals surface area contributed by atoms with Gasteiger partial charge in [0.2, 0.25) is 5.91 Å². The van der Waals surface area contributed by atoms with Gasteiger partial charge in [-0.15, -0.1) is 0 Å². The van der Waals surface area contributed by atoms with Crippen molar-refractivity contribution in [3.63, 3.8) is 0 Å². The Labute approximate surface area is 249 Å². The summed E-state index contributed by atoms with van der Waals surface area (Å²) in [4.78, 5) is 25.8. The van der Waals surface area contributed by atoms with Gasteiger partial charge in [0.15, 0.2) is 0 Å². The van der Waals surface area contributed by atoms with Crippen molar-refractivity contribution in [3.05, 3.63) is 58.7 Å². The topological polar surface area (TPSA) is 90.4 Å². The molecule has 4 atom stereocenters. The van der Waals surface area contributed by atoms with Gasteiger partial charge in [-0.2, -0.15) is 0 Å². The van der Waals surface area contributed by atoms with Crippen LogP contribution in [0.1, 0.15) is 56.3 Å². The van der Waals surface area contributed by atoms with Crippen molar-refractivity contribution in [2.24, 2.45) is 0 Å². The molecular weight excluding hydrogens is 537 g/mol. The Hall–Kier alpha value is -2.47. The molecule has 1 aromatic heterocycles. The number of carbonyl (C=O) groups excluding carboxylic acids is 1. The predicted octanol–water partition coefficient (Wildman–Crippen LogP) is 2.50. The van der Waals surface area contributed by atoms with Crippen LogP contribution in [0.25, 0.3) is 0 Å². The molecule has 9 nitrogen and oxygen atoms in total. The maximum Gasteiger partial charge on any atom is 0.241 e.